The van der Waals surface area contributed by atoms with E-state index >= 15 is 0 Å². The van der Waals surface area contributed by atoms with Crippen molar-refractivity contribution in [1.29, 1.82) is 0 Å². The highest BCUT2D eigenvalue weighted by Crippen LogP contribution is 2.21. The van der Waals surface area contributed by atoms with E-state index in [1.54, 1.807) is 12.1 Å². The van der Waals surface area contributed by atoms with Gasteiger partial charge in [-0.15, -0.1) is 0 Å². The second-order valence-corrected chi connectivity index (χ2v) is 5.61. The molecular weight excluding hydrogens is 278 g/mol. The number of ether oxygens (including phenoxy) is 1. The van der Waals surface area contributed by atoms with Gasteiger partial charge in [0.1, 0.15) is 18.1 Å². The van der Waals surface area contributed by atoms with E-state index in [1.165, 1.54) is 0 Å². The van der Waals surface area contributed by atoms with Gasteiger partial charge in [-0.1, -0.05) is 19.1 Å². The summed E-state index contributed by atoms with van der Waals surface area (Å²) in [6.07, 6.45) is 0.884. The summed E-state index contributed by atoms with van der Waals surface area (Å²) in [6, 6.07) is 9.65. The van der Waals surface area contributed by atoms with Gasteiger partial charge in [0.2, 0.25) is 0 Å². The summed E-state index contributed by atoms with van der Waals surface area (Å²) in [4.78, 5) is 12.0. The molecule has 1 atom stereocenters. The average Bonchev–Trinajstić information content (AvgIpc) is 2.97. The molecule has 22 heavy (non-hydrogen) atoms. The Morgan fingerprint density at radius 3 is 2.77 bits per heavy atom. The first-order valence-corrected chi connectivity index (χ1v) is 7.59. The van der Waals surface area contributed by atoms with E-state index in [4.69, 9.17) is 9.15 Å². The van der Waals surface area contributed by atoms with Crippen LogP contribution < -0.4 is 10.1 Å². The topological polar surface area (TPSA) is 51.5 Å². The number of hydrogen-bond acceptors (Lipinski definition) is 3. The number of benzene rings is 1. The van der Waals surface area contributed by atoms with Gasteiger partial charge >= 0.3 is 0 Å². The van der Waals surface area contributed by atoms with Gasteiger partial charge in [0.05, 0.1) is 0 Å². The van der Waals surface area contributed by atoms with Crippen molar-refractivity contribution in [2.24, 2.45) is 0 Å². The number of carbonyl (C=O) groups excluding carboxylic acids is 1. The predicted octanol–water partition coefficient (Wildman–Crippen LogP) is 4.00. The van der Waals surface area contributed by atoms with Crippen LogP contribution in [0.5, 0.6) is 5.75 Å². The van der Waals surface area contributed by atoms with Crippen LogP contribution in [0.3, 0.4) is 0 Å². The van der Waals surface area contributed by atoms with Crippen LogP contribution in [0.4, 0.5) is 0 Å². The van der Waals surface area contributed by atoms with Crippen molar-refractivity contribution in [2.45, 2.75) is 46.8 Å². The zero-order chi connectivity index (χ0) is 16.1. The first-order chi connectivity index (χ1) is 10.5. The Morgan fingerprint density at radius 2 is 2.05 bits per heavy atom. The monoisotopic (exact) mass is 301 g/mol. The van der Waals surface area contributed by atoms with Crippen molar-refractivity contribution in [3.05, 3.63) is 53.0 Å². The Bertz CT molecular complexity index is 646. The second kappa shape index (κ2) is 7.16. The third kappa shape index (κ3) is 4.13. The molecule has 0 saturated heterocycles. The number of aryl methyl sites for hydroxylation is 2. The lowest BCUT2D eigenvalue weighted by Crippen LogP contribution is -2.31. The molecule has 0 aliphatic carbocycles. The third-order valence-corrected chi connectivity index (χ3v) is 3.59. The van der Waals surface area contributed by atoms with Crippen molar-refractivity contribution in [2.75, 3.05) is 0 Å². The van der Waals surface area contributed by atoms with Crippen molar-refractivity contribution in [3.8, 4) is 5.75 Å². The standard InChI is InChI=1S/C18H23NO3/c1-5-14(4)19-18(20)16-9-8-15(22-16)11-21-17-10-12(2)6-7-13(17)3/h6-10,14H,5,11H2,1-4H3,(H,19,20). The number of amides is 1. The minimum atomic E-state index is -0.188. The van der Waals surface area contributed by atoms with E-state index in [0.717, 1.165) is 23.3 Å². The molecule has 0 saturated carbocycles. The van der Waals surface area contributed by atoms with E-state index in [1.807, 2.05) is 45.9 Å². The maximum absolute atomic E-state index is 12.0. The molecule has 4 heteroatoms. The summed E-state index contributed by atoms with van der Waals surface area (Å²) in [6.45, 7) is 8.32. The molecule has 118 valence electrons. The van der Waals surface area contributed by atoms with Gasteiger partial charge in [-0.05, 0) is 56.5 Å². The largest absolute Gasteiger partial charge is 0.485 e. The zero-order valence-corrected chi connectivity index (χ0v) is 13.6. The van der Waals surface area contributed by atoms with Crippen LogP contribution in [-0.2, 0) is 6.61 Å². The quantitative estimate of drug-likeness (QED) is 0.877. The minimum Gasteiger partial charge on any atom is -0.485 e. The molecule has 4 nitrogen and oxygen atoms in total. The lowest BCUT2D eigenvalue weighted by atomic mass is 10.1. The molecule has 1 amide bonds. The number of nitrogens with one attached hydrogen (secondary N) is 1. The third-order valence-electron chi connectivity index (χ3n) is 3.59. The Labute approximate surface area is 131 Å². The lowest BCUT2D eigenvalue weighted by molar-refractivity contribution is 0.0907. The van der Waals surface area contributed by atoms with Crippen LogP contribution in [0.15, 0.2) is 34.7 Å². The van der Waals surface area contributed by atoms with E-state index in [-0.39, 0.29) is 11.9 Å². The molecule has 1 aromatic carbocycles. The van der Waals surface area contributed by atoms with Crippen molar-refractivity contribution in [3.63, 3.8) is 0 Å². The SMILES string of the molecule is CCC(C)NC(=O)c1ccc(COc2cc(C)ccc2C)o1. The summed E-state index contributed by atoms with van der Waals surface area (Å²) < 4.78 is 11.3. The predicted molar refractivity (Wildman–Crippen MR) is 86.2 cm³/mol. The summed E-state index contributed by atoms with van der Waals surface area (Å²) in [5.41, 5.74) is 2.22. The van der Waals surface area contributed by atoms with Crippen LogP contribution in [-0.4, -0.2) is 11.9 Å². The Balaban J connectivity index is 1.97. The molecule has 0 fully saturated rings. The average molecular weight is 301 g/mol. The normalized spacial score (nSPS) is 12.0. The van der Waals surface area contributed by atoms with Gasteiger partial charge in [0, 0.05) is 6.04 Å². The van der Waals surface area contributed by atoms with Crippen LogP contribution in [0.25, 0.3) is 0 Å². The molecule has 1 unspecified atom stereocenters. The molecule has 1 aromatic heterocycles. The highest BCUT2D eigenvalue weighted by molar-refractivity contribution is 5.91. The van der Waals surface area contributed by atoms with Crippen LogP contribution in [0.2, 0.25) is 0 Å². The first-order valence-electron chi connectivity index (χ1n) is 7.59. The summed E-state index contributed by atoms with van der Waals surface area (Å²) >= 11 is 0. The number of furan rings is 1. The zero-order valence-electron chi connectivity index (χ0n) is 13.6. The van der Waals surface area contributed by atoms with Gasteiger partial charge in [0.25, 0.3) is 5.91 Å². The highest BCUT2D eigenvalue weighted by Gasteiger charge is 2.13. The first kappa shape index (κ1) is 16.1. The Morgan fingerprint density at radius 1 is 1.27 bits per heavy atom. The summed E-state index contributed by atoms with van der Waals surface area (Å²) in [7, 11) is 0. The Kier molecular flexibility index (Phi) is 5.26. The van der Waals surface area contributed by atoms with Gasteiger partial charge in [-0.3, -0.25) is 4.79 Å². The van der Waals surface area contributed by atoms with Gasteiger partial charge in [-0.25, -0.2) is 0 Å². The molecule has 1 heterocycles. The number of carbonyl (C=O) groups is 1. The maximum Gasteiger partial charge on any atom is 0.287 e. The molecule has 0 bridgehead atoms. The summed E-state index contributed by atoms with van der Waals surface area (Å²) in [5.74, 6) is 1.60. The molecule has 0 aliphatic heterocycles. The van der Waals surface area contributed by atoms with E-state index in [0.29, 0.717) is 18.1 Å². The minimum absolute atomic E-state index is 0.132. The fraction of sp³-hybridized carbons (Fsp3) is 0.389. The van der Waals surface area contributed by atoms with Crippen molar-refractivity contribution >= 4 is 5.91 Å². The molecule has 1 N–H and O–H groups in total. The van der Waals surface area contributed by atoms with E-state index in [2.05, 4.69) is 5.32 Å². The fourth-order valence-corrected chi connectivity index (χ4v) is 1.99. The van der Waals surface area contributed by atoms with Crippen LogP contribution in [0, 0.1) is 13.8 Å². The van der Waals surface area contributed by atoms with Crippen molar-refractivity contribution in [1.82, 2.24) is 5.32 Å². The molecule has 0 aliphatic rings. The van der Waals surface area contributed by atoms with Gasteiger partial charge in [-0.2, -0.15) is 0 Å². The highest BCUT2D eigenvalue weighted by atomic mass is 16.5. The van der Waals surface area contributed by atoms with Crippen LogP contribution >= 0.6 is 0 Å². The van der Waals surface area contributed by atoms with E-state index in [9.17, 15) is 4.79 Å². The van der Waals surface area contributed by atoms with Crippen LogP contribution in [0.1, 0.15) is 47.7 Å². The van der Waals surface area contributed by atoms with Gasteiger partial charge < -0.3 is 14.5 Å². The molecule has 2 aromatic rings. The Hall–Kier alpha value is -2.23. The summed E-state index contributed by atoms with van der Waals surface area (Å²) in [5, 5.41) is 2.88. The lowest BCUT2D eigenvalue weighted by Gasteiger charge is -2.10. The number of hydrogen-bond donors (Lipinski definition) is 1. The fourth-order valence-electron chi connectivity index (χ4n) is 1.99. The second-order valence-electron chi connectivity index (χ2n) is 5.61. The smallest absolute Gasteiger partial charge is 0.287 e. The molecular formula is C18H23NO3. The molecule has 0 spiro atoms. The molecule has 2 rings (SSSR count). The van der Waals surface area contributed by atoms with E-state index < -0.39 is 0 Å². The van der Waals surface area contributed by atoms with Gasteiger partial charge in [0.15, 0.2) is 5.76 Å². The molecule has 0 radical (unpaired) electrons. The number of rotatable bonds is 6. The maximum atomic E-state index is 12.0. The van der Waals surface area contributed by atoms with Crippen molar-refractivity contribution < 1.29 is 13.9 Å².